The van der Waals surface area contributed by atoms with E-state index in [-0.39, 0.29) is 17.9 Å². The predicted octanol–water partition coefficient (Wildman–Crippen LogP) is 2.72. The molecule has 1 aliphatic carbocycles. The van der Waals surface area contributed by atoms with E-state index in [1.54, 1.807) is 6.07 Å². The Morgan fingerprint density at radius 3 is 2.75 bits per heavy atom. The van der Waals surface area contributed by atoms with Gasteiger partial charge in [-0.25, -0.2) is 9.78 Å². The lowest BCUT2D eigenvalue weighted by Gasteiger charge is -2.36. The number of anilines is 1. The Bertz CT molecular complexity index is 1060. The van der Waals surface area contributed by atoms with E-state index in [1.807, 2.05) is 13.0 Å². The minimum absolute atomic E-state index is 0.0146. The van der Waals surface area contributed by atoms with Gasteiger partial charge in [-0.2, -0.15) is 5.26 Å². The number of fused-ring (bicyclic) bond motifs is 1. The summed E-state index contributed by atoms with van der Waals surface area (Å²) in [6.07, 6.45) is 2.29. The number of amides is 1. The van der Waals surface area contributed by atoms with Crippen LogP contribution in [-0.4, -0.2) is 60.7 Å². The molecule has 0 radical (unpaired) electrons. The minimum Gasteiger partial charge on any atom is -0.453 e. The summed E-state index contributed by atoms with van der Waals surface area (Å²) < 4.78 is 4.67. The molecular formula is C23H30N6O3. The molecule has 32 heavy (non-hydrogen) atoms. The molecule has 1 aliphatic heterocycles. The number of hydrogen-bond donors (Lipinski definition) is 3. The number of imidazole rings is 1. The zero-order valence-corrected chi connectivity index (χ0v) is 18.8. The van der Waals surface area contributed by atoms with Crippen molar-refractivity contribution in [2.24, 2.45) is 5.41 Å². The first-order valence-corrected chi connectivity index (χ1v) is 11.1. The third-order valence-corrected chi connectivity index (χ3v) is 6.89. The normalized spacial score (nSPS) is 25.9. The highest BCUT2D eigenvalue weighted by Crippen LogP contribution is 2.39. The summed E-state index contributed by atoms with van der Waals surface area (Å²) in [4.78, 5) is 34.8. The fraction of sp³-hybridized carbons (Fsp3) is 0.565. The lowest BCUT2D eigenvalue weighted by molar-refractivity contribution is 0.0715. The highest BCUT2D eigenvalue weighted by Gasteiger charge is 2.39. The summed E-state index contributed by atoms with van der Waals surface area (Å²) in [5.41, 5.74) is 2.28. The maximum absolute atomic E-state index is 13.4. The molecule has 2 fully saturated rings. The molecule has 1 atom stereocenters. The molecule has 1 saturated heterocycles. The van der Waals surface area contributed by atoms with Gasteiger partial charge in [0.2, 0.25) is 5.78 Å². The number of nitrogens with one attached hydrogen (secondary N) is 3. The van der Waals surface area contributed by atoms with E-state index in [0.29, 0.717) is 48.1 Å². The van der Waals surface area contributed by atoms with Gasteiger partial charge in [0.05, 0.1) is 29.4 Å². The number of hydrogen-bond acceptors (Lipinski definition) is 7. The van der Waals surface area contributed by atoms with Crippen molar-refractivity contribution in [2.75, 3.05) is 31.6 Å². The highest BCUT2D eigenvalue weighted by atomic mass is 16.5. The lowest BCUT2D eigenvalue weighted by atomic mass is 9.71. The first-order chi connectivity index (χ1) is 15.3. The van der Waals surface area contributed by atoms with E-state index in [4.69, 9.17) is 0 Å². The van der Waals surface area contributed by atoms with E-state index >= 15 is 0 Å². The number of carbonyl (C=O) groups excluding carboxylic acids is 2. The topological polar surface area (TPSA) is 123 Å². The fourth-order valence-corrected chi connectivity index (χ4v) is 4.82. The molecule has 1 aromatic heterocycles. The van der Waals surface area contributed by atoms with Crippen LogP contribution < -0.4 is 15.5 Å². The minimum atomic E-state index is -0.546. The number of rotatable bonds is 4. The number of ether oxygens (including phenoxy) is 1. The summed E-state index contributed by atoms with van der Waals surface area (Å²) in [6.45, 7) is 6.63. The SMILES string of the molecule is COC(=O)NC1CCC(C)(C(=O)c2nc3cc(N4CCNCC4C)c(C#N)cc3[nH]2)CC1. The maximum Gasteiger partial charge on any atom is 0.407 e. The summed E-state index contributed by atoms with van der Waals surface area (Å²) >= 11 is 0. The van der Waals surface area contributed by atoms with E-state index in [2.05, 4.69) is 43.2 Å². The largest absolute Gasteiger partial charge is 0.453 e. The number of aromatic amines is 1. The zero-order chi connectivity index (χ0) is 22.9. The summed E-state index contributed by atoms with van der Waals surface area (Å²) in [6, 6.07) is 6.29. The van der Waals surface area contributed by atoms with Crippen LogP contribution >= 0.6 is 0 Å². The number of carbonyl (C=O) groups is 2. The van der Waals surface area contributed by atoms with Crippen LogP contribution in [0.5, 0.6) is 0 Å². The molecular weight excluding hydrogens is 408 g/mol. The van der Waals surface area contributed by atoms with Crippen LogP contribution in [0.2, 0.25) is 0 Å². The molecule has 2 aromatic rings. The van der Waals surface area contributed by atoms with Gasteiger partial charge in [0, 0.05) is 37.1 Å². The first-order valence-electron chi connectivity index (χ1n) is 11.1. The monoisotopic (exact) mass is 438 g/mol. The molecule has 170 valence electrons. The van der Waals surface area contributed by atoms with Crippen molar-refractivity contribution >= 4 is 28.6 Å². The second kappa shape index (κ2) is 8.79. The van der Waals surface area contributed by atoms with Gasteiger partial charge in [-0.15, -0.1) is 0 Å². The van der Waals surface area contributed by atoms with Gasteiger partial charge in [0.25, 0.3) is 0 Å². The summed E-state index contributed by atoms with van der Waals surface area (Å²) in [5.74, 6) is 0.303. The predicted molar refractivity (Wildman–Crippen MR) is 121 cm³/mol. The van der Waals surface area contributed by atoms with Gasteiger partial charge in [-0.05, 0) is 44.7 Å². The smallest absolute Gasteiger partial charge is 0.407 e. The number of H-pyrrole nitrogens is 1. The average molecular weight is 439 g/mol. The van der Waals surface area contributed by atoms with E-state index < -0.39 is 11.5 Å². The number of Topliss-reactive ketones (excluding diaryl/α,β-unsaturated/α-hetero) is 1. The van der Waals surface area contributed by atoms with Crippen LogP contribution in [0.1, 0.15) is 55.7 Å². The Hall–Kier alpha value is -3.12. The highest BCUT2D eigenvalue weighted by molar-refractivity contribution is 6.00. The van der Waals surface area contributed by atoms with E-state index in [1.165, 1.54) is 7.11 Å². The lowest BCUT2D eigenvalue weighted by Crippen LogP contribution is -2.50. The van der Waals surface area contributed by atoms with Crippen LogP contribution in [-0.2, 0) is 4.74 Å². The number of benzene rings is 1. The van der Waals surface area contributed by atoms with Gasteiger partial charge >= 0.3 is 6.09 Å². The number of piperazine rings is 1. The van der Waals surface area contributed by atoms with Crippen molar-refractivity contribution in [2.45, 2.75) is 51.6 Å². The zero-order valence-electron chi connectivity index (χ0n) is 18.8. The number of ketones is 1. The third-order valence-electron chi connectivity index (χ3n) is 6.89. The third kappa shape index (κ3) is 4.15. The fourth-order valence-electron chi connectivity index (χ4n) is 4.82. The molecule has 1 saturated carbocycles. The van der Waals surface area contributed by atoms with Crippen molar-refractivity contribution in [1.82, 2.24) is 20.6 Å². The second-order valence-corrected chi connectivity index (χ2v) is 9.13. The van der Waals surface area contributed by atoms with Crippen LogP contribution in [0.3, 0.4) is 0 Å². The molecule has 1 aromatic carbocycles. The maximum atomic E-state index is 13.4. The quantitative estimate of drug-likeness (QED) is 0.627. The standard InChI is InChI=1S/C23H30N6O3/c1-14-13-25-8-9-29(14)19-11-18-17(10-15(19)12-24)27-21(28-18)20(30)23(2)6-4-16(5-7-23)26-22(31)32-3/h10-11,14,16,25H,4-9,13H2,1-3H3,(H,26,31)(H,27,28). The molecule has 9 heteroatoms. The molecule has 0 spiro atoms. The Morgan fingerprint density at radius 1 is 1.34 bits per heavy atom. The molecule has 2 heterocycles. The van der Waals surface area contributed by atoms with E-state index in [9.17, 15) is 14.9 Å². The van der Waals surface area contributed by atoms with E-state index in [0.717, 1.165) is 25.3 Å². The average Bonchev–Trinajstić information content (AvgIpc) is 3.22. The molecule has 0 bridgehead atoms. The molecule has 1 unspecified atom stereocenters. The number of nitrogens with zero attached hydrogens (tertiary/aromatic N) is 3. The van der Waals surface area contributed by atoms with Gasteiger partial charge in [-0.1, -0.05) is 6.92 Å². The molecule has 2 aliphatic rings. The van der Waals surface area contributed by atoms with Gasteiger partial charge < -0.3 is 25.3 Å². The first kappa shape index (κ1) is 22.1. The van der Waals surface area contributed by atoms with Crippen LogP contribution in [0.15, 0.2) is 12.1 Å². The van der Waals surface area contributed by atoms with Crippen molar-refractivity contribution in [1.29, 1.82) is 5.26 Å². The Balaban J connectivity index is 1.57. The summed E-state index contributed by atoms with van der Waals surface area (Å²) in [7, 11) is 1.35. The van der Waals surface area contributed by atoms with Crippen LogP contribution in [0.25, 0.3) is 11.0 Å². The van der Waals surface area contributed by atoms with Crippen molar-refractivity contribution < 1.29 is 14.3 Å². The van der Waals surface area contributed by atoms with Crippen molar-refractivity contribution in [3.05, 3.63) is 23.5 Å². The number of methoxy groups -OCH3 is 1. The van der Waals surface area contributed by atoms with Crippen molar-refractivity contribution in [3.8, 4) is 6.07 Å². The molecule has 1 amide bonds. The second-order valence-electron chi connectivity index (χ2n) is 9.13. The Morgan fingerprint density at radius 2 is 2.09 bits per heavy atom. The number of alkyl carbamates (subject to hydrolysis) is 1. The Kier molecular flexibility index (Phi) is 6.07. The van der Waals surface area contributed by atoms with Crippen LogP contribution in [0, 0.1) is 16.7 Å². The molecule has 3 N–H and O–H groups in total. The Labute approximate surface area is 187 Å². The van der Waals surface area contributed by atoms with Crippen molar-refractivity contribution in [3.63, 3.8) is 0 Å². The number of aromatic nitrogens is 2. The molecule has 4 rings (SSSR count). The van der Waals surface area contributed by atoms with Gasteiger partial charge in [0.15, 0.2) is 5.82 Å². The molecule has 9 nitrogen and oxygen atoms in total. The van der Waals surface area contributed by atoms with Gasteiger partial charge in [-0.3, -0.25) is 4.79 Å². The van der Waals surface area contributed by atoms with Gasteiger partial charge in [0.1, 0.15) is 6.07 Å². The number of nitriles is 1. The van der Waals surface area contributed by atoms with Crippen LogP contribution in [0.4, 0.5) is 10.5 Å². The summed E-state index contributed by atoms with van der Waals surface area (Å²) in [5, 5.41) is 15.9.